The Hall–Kier alpha value is -6.89. The molecule has 0 unspecified atom stereocenters. The van der Waals surface area contributed by atoms with Crippen LogP contribution in [-0.2, 0) is 0 Å². The van der Waals surface area contributed by atoms with Crippen molar-refractivity contribution in [2.75, 3.05) is 0 Å². The molecule has 0 fully saturated rings. The average molecular weight is 708 g/mol. The molecule has 6 heteroatoms. The Morgan fingerprint density at radius 1 is 0.407 bits per heavy atom. The van der Waals surface area contributed by atoms with Crippen LogP contribution in [0, 0.1) is 0 Å². The van der Waals surface area contributed by atoms with Crippen LogP contribution >= 0.6 is 11.8 Å². The summed E-state index contributed by atoms with van der Waals surface area (Å²) in [5.74, 6) is 0.640. The minimum atomic E-state index is 0.640. The normalized spacial score (nSPS) is 12.4. The summed E-state index contributed by atoms with van der Waals surface area (Å²) in [6.07, 6.45) is 0. The maximum atomic E-state index is 5.49. The number of aromatic nitrogens is 5. The third kappa shape index (κ3) is 4.17. The second-order valence-corrected chi connectivity index (χ2v) is 14.9. The number of hydrogen-bond donors (Lipinski definition) is 0. The van der Waals surface area contributed by atoms with E-state index in [2.05, 4.69) is 190 Å². The van der Waals surface area contributed by atoms with Crippen LogP contribution in [0.3, 0.4) is 0 Å². The van der Waals surface area contributed by atoms with Gasteiger partial charge < -0.3 is 4.57 Å². The van der Waals surface area contributed by atoms with Crippen molar-refractivity contribution in [1.29, 1.82) is 0 Å². The Morgan fingerprint density at radius 2 is 1.04 bits per heavy atom. The number of rotatable bonds is 4. The quantitative estimate of drug-likeness (QED) is 0.183. The molecule has 7 aromatic carbocycles. The third-order valence-corrected chi connectivity index (χ3v) is 12.0. The van der Waals surface area contributed by atoms with E-state index in [0.717, 1.165) is 44.9 Å². The van der Waals surface area contributed by atoms with Crippen LogP contribution in [0.1, 0.15) is 0 Å². The van der Waals surface area contributed by atoms with Gasteiger partial charge in [-0.3, -0.25) is 9.13 Å². The third-order valence-electron chi connectivity index (χ3n) is 10.8. The molecule has 0 radical (unpaired) electrons. The molecule has 0 amide bonds. The number of para-hydroxylation sites is 5. The van der Waals surface area contributed by atoms with Crippen LogP contribution < -0.4 is 0 Å². The van der Waals surface area contributed by atoms with Crippen LogP contribution in [0.5, 0.6) is 0 Å². The first-order chi connectivity index (χ1) is 26.8. The Kier molecular flexibility index (Phi) is 6.21. The summed E-state index contributed by atoms with van der Waals surface area (Å²) in [6, 6.07) is 62.7. The molecule has 0 saturated carbocycles. The van der Waals surface area contributed by atoms with Crippen LogP contribution in [-0.4, -0.2) is 23.7 Å². The van der Waals surface area contributed by atoms with E-state index in [4.69, 9.17) is 9.97 Å². The molecular weight excluding hydrogens is 679 g/mol. The summed E-state index contributed by atoms with van der Waals surface area (Å²) >= 11 is 1.84. The van der Waals surface area contributed by atoms with Crippen molar-refractivity contribution in [3.63, 3.8) is 0 Å². The maximum absolute atomic E-state index is 5.49. The molecule has 4 aromatic heterocycles. The fraction of sp³-hybridized carbons (Fsp3) is 0. The standard InChI is InChI=1S/C48H29N5S/c1-3-14-30(15-4-1)37-29-38(31-26-27-41-36(28-31)33-18-7-9-21-39(33)51(41)32-16-5-2-6-17-32)50-48(49-37)53-40-22-10-8-19-34(40)45-35-20-13-25-44-46(35)52(47(45)53)42-23-11-12-24-43(42)54-44/h1-29H. The molecule has 0 bridgehead atoms. The molecule has 1 aliphatic heterocycles. The van der Waals surface area contributed by atoms with Crippen molar-refractivity contribution in [3.8, 4) is 39.8 Å². The second kappa shape index (κ2) is 11.3. The fourth-order valence-electron chi connectivity index (χ4n) is 8.56. The molecule has 0 saturated heterocycles. The second-order valence-electron chi connectivity index (χ2n) is 13.8. The van der Waals surface area contributed by atoms with E-state index in [0.29, 0.717) is 5.95 Å². The SMILES string of the molecule is c1ccc(-c2cc(-c3ccc4c(c3)c3ccccc3n4-c3ccccc3)nc(-n3c4ccccc4c4c5cccc6c5n(c43)-c3ccccc3S6)n2)cc1. The van der Waals surface area contributed by atoms with Gasteiger partial charge in [-0.15, -0.1) is 0 Å². The first-order valence-corrected chi connectivity index (χ1v) is 19.0. The van der Waals surface area contributed by atoms with E-state index in [1.54, 1.807) is 0 Å². The first-order valence-electron chi connectivity index (χ1n) is 18.2. The molecule has 0 aliphatic carbocycles. The van der Waals surface area contributed by atoms with E-state index in [-0.39, 0.29) is 0 Å². The van der Waals surface area contributed by atoms with E-state index in [9.17, 15) is 0 Å². The van der Waals surface area contributed by atoms with Crippen molar-refractivity contribution in [3.05, 3.63) is 176 Å². The molecule has 11 aromatic rings. The summed E-state index contributed by atoms with van der Waals surface area (Å²) in [4.78, 5) is 13.4. The Bertz CT molecular complexity index is 3300. The van der Waals surface area contributed by atoms with Gasteiger partial charge in [-0.2, -0.15) is 0 Å². The Balaban J connectivity index is 1.17. The number of benzene rings is 7. The number of nitrogens with zero attached hydrogens (tertiary/aromatic N) is 5. The van der Waals surface area contributed by atoms with E-state index >= 15 is 0 Å². The van der Waals surface area contributed by atoms with E-state index < -0.39 is 0 Å². The average Bonchev–Trinajstić information content (AvgIpc) is 3.88. The molecule has 5 heterocycles. The van der Waals surface area contributed by atoms with Crippen molar-refractivity contribution in [2.45, 2.75) is 9.79 Å². The molecule has 5 nitrogen and oxygen atoms in total. The predicted molar refractivity (Wildman–Crippen MR) is 223 cm³/mol. The number of hydrogen-bond acceptors (Lipinski definition) is 3. The molecule has 0 atom stereocenters. The molecular formula is C48H29N5S. The Labute approximate surface area is 314 Å². The van der Waals surface area contributed by atoms with Crippen molar-refractivity contribution in [2.24, 2.45) is 0 Å². The van der Waals surface area contributed by atoms with Crippen molar-refractivity contribution < 1.29 is 0 Å². The lowest BCUT2D eigenvalue weighted by Gasteiger charge is -2.20. The molecule has 1 aliphatic rings. The largest absolute Gasteiger partial charge is 0.309 e. The summed E-state index contributed by atoms with van der Waals surface area (Å²) in [5, 5.41) is 6.03. The summed E-state index contributed by atoms with van der Waals surface area (Å²) in [6.45, 7) is 0. The highest BCUT2D eigenvalue weighted by Gasteiger charge is 2.28. The molecule has 252 valence electrons. The van der Waals surface area contributed by atoms with Crippen molar-refractivity contribution in [1.82, 2.24) is 23.7 Å². The van der Waals surface area contributed by atoms with Gasteiger partial charge in [0, 0.05) is 53.5 Å². The maximum Gasteiger partial charge on any atom is 0.236 e. The topological polar surface area (TPSA) is 40.6 Å². The Morgan fingerprint density at radius 3 is 1.87 bits per heavy atom. The lowest BCUT2D eigenvalue weighted by atomic mass is 10.0. The summed E-state index contributed by atoms with van der Waals surface area (Å²) < 4.78 is 7.08. The lowest BCUT2D eigenvalue weighted by Crippen LogP contribution is -2.08. The number of fused-ring (bicyclic) bond motifs is 10. The van der Waals surface area contributed by atoms with Gasteiger partial charge in [0.2, 0.25) is 5.95 Å². The van der Waals surface area contributed by atoms with Gasteiger partial charge in [-0.1, -0.05) is 127 Å². The lowest BCUT2D eigenvalue weighted by molar-refractivity contribution is 0.953. The molecule has 54 heavy (non-hydrogen) atoms. The summed E-state index contributed by atoms with van der Waals surface area (Å²) in [7, 11) is 0. The minimum absolute atomic E-state index is 0.640. The molecule has 0 spiro atoms. The van der Waals surface area contributed by atoms with Gasteiger partial charge in [0.1, 0.15) is 5.65 Å². The van der Waals surface area contributed by atoms with Crippen molar-refractivity contribution >= 4 is 66.4 Å². The van der Waals surface area contributed by atoms with Crippen LogP contribution in [0.4, 0.5) is 0 Å². The highest BCUT2D eigenvalue weighted by Crippen LogP contribution is 2.49. The minimum Gasteiger partial charge on any atom is -0.309 e. The molecule has 12 rings (SSSR count). The predicted octanol–water partition coefficient (Wildman–Crippen LogP) is 12.4. The highest BCUT2D eigenvalue weighted by atomic mass is 32.2. The monoisotopic (exact) mass is 707 g/mol. The van der Waals surface area contributed by atoms with Gasteiger partial charge in [0.15, 0.2) is 0 Å². The zero-order valence-electron chi connectivity index (χ0n) is 28.9. The zero-order chi connectivity index (χ0) is 35.3. The smallest absolute Gasteiger partial charge is 0.236 e. The van der Waals surface area contributed by atoms with E-state index in [1.807, 2.05) is 11.8 Å². The zero-order valence-corrected chi connectivity index (χ0v) is 29.7. The van der Waals surface area contributed by atoms with Gasteiger partial charge in [-0.05, 0) is 60.7 Å². The summed E-state index contributed by atoms with van der Waals surface area (Å²) in [5.41, 5.74) is 11.9. The molecule has 0 N–H and O–H groups in total. The van der Waals surface area contributed by atoms with Gasteiger partial charge in [-0.25, -0.2) is 9.97 Å². The van der Waals surface area contributed by atoms with Crippen LogP contribution in [0.15, 0.2) is 186 Å². The van der Waals surface area contributed by atoms with Gasteiger partial charge in [0.05, 0.1) is 39.1 Å². The van der Waals surface area contributed by atoms with Gasteiger partial charge >= 0.3 is 0 Å². The van der Waals surface area contributed by atoms with Crippen LogP contribution in [0.25, 0.3) is 94.5 Å². The van der Waals surface area contributed by atoms with Gasteiger partial charge in [0.25, 0.3) is 0 Å². The van der Waals surface area contributed by atoms with E-state index in [1.165, 1.54) is 53.4 Å². The first kappa shape index (κ1) is 29.7. The fourth-order valence-corrected chi connectivity index (χ4v) is 9.65. The highest BCUT2D eigenvalue weighted by molar-refractivity contribution is 7.99. The van der Waals surface area contributed by atoms with Crippen LogP contribution in [0.2, 0.25) is 0 Å².